The van der Waals surface area contributed by atoms with Gasteiger partial charge in [-0.2, -0.15) is 0 Å². The molecule has 18 heavy (non-hydrogen) atoms. The van der Waals surface area contributed by atoms with Gasteiger partial charge in [-0.3, -0.25) is 0 Å². The molecule has 0 amide bonds. The maximum atomic E-state index is 11.1. The second-order valence-corrected chi connectivity index (χ2v) is 3.30. The first-order chi connectivity index (χ1) is 8.15. The minimum atomic E-state index is -0.308. The summed E-state index contributed by atoms with van der Waals surface area (Å²) in [5.41, 5.74) is 6.62. The van der Waals surface area contributed by atoms with Gasteiger partial charge in [0.15, 0.2) is 0 Å². The minimum Gasteiger partial charge on any atom is -0.462 e. The quantitative estimate of drug-likeness (QED) is 0.654. The van der Waals surface area contributed by atoms with Crippen molar-refractivity contribution in [3.05, 3.63) is 29.8 Å². The van der Waals surface area contributed by atoms with Gasteiger partial charge in [-0.15, -0.1) is 12.4 Å². The van der Waals surface area contributed by atoms with Crippen LogP contribution in [-0.4, -0.2) is 25.7 Å². The topological polar surface area (TPSA) is 64.3 Å². The molecule has 0 aromatic heterocycles. The fourth-order valence-electron chi connectivity index (χ4n) is 1.08. The van der Waals surface area contributed by atoms with Crippen molar-refractivity contribution in [2.24, 2.45) is 0 Å². The molecule has 0 saturated carbocycles. The van der Waals surface area contributed by atoms with Gasteiger partial charge in [0.2, 0.25) is 0 Å². The minimum absolute atomic E-state index is 0. The monoisotopic (exact) mass is 274 g/mol. The van der Waals surface area contributed by atoms with E-state index >= 15 is 0 Å². The van der Waals surface area contributed by atoms with Crippen LogP contribution in [0.15, 0.2) is 24.3 Å². The number of nitrogen functional groups attached to an aromatic ring is 1. The number of nitrogens with one attached hydrogen (secondary N) is 1. The van der Waals surface area contributed by atoms with Crippen molar-refractivity contribution in [3.63, 3.8) is 0 Å². The van der Waals surface area contributed by atoms with Gasteiger partial charge in [0.1, 0.15) is 0 Å². The van der Waals surface area contributed by atoms with E-state index in [1.54, 1.807) is 31.2 Å². The third-order valence-electron chi connectivity index (χ3n) is 1.92. The highest BCUT2D eigenvalue weighted by Crippen LogP contribution is 2.06. The van der Waals surface area contributed by atoms with Gasteiger partial charge in [0.05, 0.1) is 12.2 Å². The first-order valence-electron chi connectivity index (χ1n) is 5.89. The van der Waals surface area contributed by atoms with Gasteiger partial charge in [0.25, 0.3) is 0 Å². The summed E-state index contributed by atoms with van der Waals surface area (Å²) in [7, 11) is 0. The third-order valence-corrected chi connectivity index (χ3v) is 1.92. The van der Waals surface area contributed by atoms with Crippen LogP contribution in [0.2, 0.25) is 0 Å². The maximum Gasteiger partial charge on any atom is 0.338 e. The number of hydrogen-bond acceptors (Lipinski definition) is 4. The average Bonchev–Trinajstić information content (AvgIpc) is 2.32. The highest BCUT2D eigenvalue weighted by molar-refractivity contribution is 5.89. The van der Waals surface area contributed by atoms with Crippen molar-refractivity contribution < 1.29 is 9.53 Å². The summed E-state index contributed by atoms with van der Waals surface area (Å²) in [6.07, 6.45) is 0. The number of esters is 1. The van der Waals surface area contributed by atoms with Crippen LogP contribution in [0.5, 0.6) is 0 Å². The Morgan fingerprint density at radius 3 is 2.00 bits per heavy atom. The van der Waals surface area contributed by atoms with Crippen LogP contribution in [0.3, 0.4) is 0 Å². The van der Waals surface area contributed by atoms with Crippen LogP contribution in [0.1, 0.15) is 31.1 Å². The van der Waals surface area contributed by atoms with Crippen LogP contribution in [-0.2, 0) is 4.74 Å². The summed E-state index contributed by atoms with van der Waals surface area (Å²) in [5.74, 6) is -0.308. The van der Waals surface area contributed by atoms with E-state index in [0.29, 0.717) is 17.9 Å². The van der Waals surface area contributed by atoms with E-state index in [1.807, 2.05) is 0 Å². The van der Waals surface area contributed by atoms with Gasteiger partial charge >= 0.3 is 5.97 Å². The molecule has 1 aromatic carbocycles. The summed E-state index contributed by atoms with van der Waals surface area (Å²) in [6, 6.07) is 6.64. The number of halogens is 1. The number of anilines is 1. The third kappa shape index (κ3) is 8.84. The largest absolute Gasteiger partial charge is 0.462 e. The van der Waals surface area contributed by atoms with Gasteiger partial charge in [-0.1, -0.05) is 13.8 Å². The molecular weight excluding hydrogens is 252 g/mol. The zero-order chi connectivity index (χ0) is 13.1. The van der Waals surface area contributed by atoms with Crippen molar-refractivity contribution in [1.82, 2.24) is 5.32 Å². The predicted molar refractivity (Wildman–Crippen MR) is 78.3 cm³/mol. The van der Waals surface area contributed by atoms with Crippen molar-refractivity contribution in [1.29, 1.82) is 0 Å². The Labute approximate surface area is 115 Å². The zero-order valence-corrected chi connectivity index (χ0v) is 12.0. The van der Waals surface area contributed by atoms with E-state index in [0.717, 1.165) is 13.1 Å². The zero-order valence-electron chi connectivity index (χ0n) is 11.2. The number of carbonyl (C=O) groups is 1. The lowest BCUT2D eigenvalue weighted by atomic mass is 10.2. The molecule has 104 valence electrons. The summed E-state index contributed by atoms with van der Waals surface area (Å²) in [6.45, 7) is 8.55. The molecular formula is C13H23ClN2O2. The van der Waals surface area contributed by atoms with Gasteiger partial charge in [0, 0.05) is 5.69 Å². The molecule has 0 aliphatic rings. The highest BCUT2D eigenvalue weighted by atomic mass is 35.5. The fourth-order valence-corrected chi connectivity index (χ4v) is 1.08. The smallest absolute Gasteiger partial charge is 0.338 e. The molecule has 4 nitrogen and oxygen atoms in total. The SMILES string of the molecule is CCNCC.CCOC(=O)c1ccc(N)cc1.Cl. The Balaban J connectivity index is 0. The lowest BCUT2D eigenvalue weighted by Crippen LogP contribution is -2.09. The van der Waals surface area contributed by atoms with Gasteiger partial charge in [-0.25, -0.2) is 4.79 Å². The number of nitrogens with two attached hydrogens (primary N) is 1. The van der Waals surface area contributed by atoms with Crippen LogP contribution < -0.4 is 11.1 Å². The molecule has 0 saturated heterocycles. The Kier molecular flexibility index (Phi) is 12.9. The molecule has 3 N–H and O–H groups in total. The van der Waals surface area contributed by atoms with Gasteiger partial charge in [-0.05, 0) is 44.3 Å². The maximum absolute atomic E-state index is 11.1. The molecule has 0 radical (unpaired) electrons. The molecule has 0 unspecified atom stereocenters. The van der Waals surface area contributed by atoms with Crippen molar-refractivity contribution in [2.45, 2.75) is 20.8 Å². The fraction of sp³-hybridized carbons (Fsp3) is 0.462. The number of hydrogen-bond donors (Lipinski definition) is 2. The number of carbonyl (C=O) groups excluding carboxylic acids is 1. The lowest BCUT2D eigenvalue weighted by Gasteiger charge is -2.00. The standard InChI is InChI=1S/C9H11NO2.C4H11N.ClH/c1-2-12-9(11)7-3-5-8(10)6-4-7;1-3-5-4-2;/h3-6H,2,10H2,1H3;5H,3-4H2,1-2H3;1H. The Morgan fingerprint density at radius 2 is 1.67 bits per heavy atom. The van der Waals surface area contributed by atoms with E-state index in [9.17, 15) is 4.79 Å². The molecule has 1 rings (SSSR count). The number of ether oxygens (including phenoxy) is 1. The second-order valence-electron chi connectivity index (χ2n) is 3.30. The van der Waals surface area contributed by atoms with E-state index in [4.69, 9.17) is 10.5 Å². The van der Waals surface area contributed by atoms with Crippen LogP contribution in [0.4, 0.5) is 5.69 Å². The van der Waals surface area contributed by atoms with Crippen LogP contribution >= 0.6 is 12.4 Å². The molecule has 0 aliphatic heterocycles. The molecule has 0 atom stereocenters. The predicted octanol–water partition coefficient (Wildman–Crippen LogP) is 2.48. The molecule has 0 heterocycles. The van der Waals surface area contributed by atoms with E-state index in [-0.39, 0.29) is 18.4 Å². The van der Waals surface area contributed by atoms with Crippen molar-refractivity contribution in [2.75, 3.05) is 25.4 Å². The first-order valence-corrected chi connectivity index (χ1v) is 5.89. The summed E-state index contributed by atoms with van der Waals surface area (Å²) in [4.78, 5) is 11.1. The molecule has 0 fully saturated rings. The summed E-state index contributed by atoms with van der Waals surface area (Å²) < 4.78 is 4.79. The molecule has 0 aliphatic carbocycles. The Hall–Kier alpha value is -1.26. The highest BCUT2D eigenvalue weighted by Gasteiger charge is 2.03. The van der Waals surface area contributed by atoms with Gasteiger partial charge < -0.3 is 15.8 Å². The molecule has 0 spiro atoms. The number of rotatable bonds is 4. The Bertz CT molecular complexity index is 313. The van der Waals surface area contributed by atoms with Crippen LogP contribution in [0, 0.1) is 0 Å². The second kappa shape index (κ2) is 12.2. The van der Waals surface area contributed by atoms with E-state index in [1.165, 1.54) is 0 Å². The molecule has 1 aromatic rings. The first kappa shape index (κ1) is 19.1. The number of benzene rings is 1. The van der Waals surface area contributed by atoms with Crippen LogP contribution in [0.25, 0.3) is 0 Å². The van der Waals surface area contributed by atoms with E-state index < -0.39 is 0 Å². The lowest BCUT2D eigenvalue weighted by molar-refractivity contribution is 0.0526. The molecule has 5 heteroatoms. The normalized spacial score (nSPS) is 8.61. The Morgan fingerprint density at radius 1 is 1.17 bits per heavy atom. The summed E-state index contributed by atoms with van der Waals surface area (Å²) in [5, 5.41) is 3.11. The average molecular weight is 275 g/mol. The molecule has 0 bridgehead atoms. The summed E-state index contributed by atoms with van der Waals surface area (Å²) >= 11 is 0. The van der Waals surface area contributed by atoms with Crippen molar-refractivity contribution >= 4 is 24.1 Å². The van der Waals surface area contributed by atoms with E-state index in [2.05, 4.69) is 19.2 Å². The van der Waals surface area contributed by atoms with Crippen molar-refractivity contribution in [3.8, 4) is 0 Å².